The van der Waals surface area contributed by atoms with Crippen molar-refractivity contribution in [1.82, 2.24) is 29.4 Å². The third kappa shape index (κ3) is 64.9. The topological polar surface area (TPSA) is 399 Å². The van der Waals surface area contributed by atoms with Gasteiger partial charge in [0.1, 0.15) is 0 Å². The third-order valence-electron chi connectivity index (χ3n) is 6.63. The average molecular weight is 1090 g/mol. The maximum atomic E-state index is 11.6. The minimum Gasteiger partial charge on any atom is -0.810 e. The molecule has 0 spiro atoms. The summed E-state index contributed by atoms with van der Waals surface area (Å²) in [5.74, 6) is 0. The molecule has 1 rings (SSSR count). The molecule has 1 aliphatic rings. The Bertz CT molecular complexity index is 1050. The van der Waals surface area contributed by atoms with Gasteiger partial charge in [0.15, 0.2) is 0 Å². The van der Waals surface area contributed by atoms with Gasteiger partial charge in [-0.25, -0.2) is 0 Å². The van der Waals surface area contributed by atoms with Crippen LogP contribution in [0.15, 0.2) is 0 Å². The summed E-state index contributed by atoms with van der Waals surface area (Å²) in [6.45, 7) is -5.40. The molecule has 0 aromatic heterocycles. The predicted molar refractivity (Wildman–Crippen MR) is 144 cm³/mol. The molecule has 0 saturated carbocycles. The minimum absolute atomic E-state index is 0. The Hall–Kier alpha value is 12.7. The number of hydrogen-bond acceptors (Lipinski definition) is 24. The summed E-state index contributed by atoms with van der Waals surface area (Å²) in [5, 5.41) is 0. The van der Waals surface area contributed by atoms with E-state index >= 15 is 0 Å². The van der Waals surface area contributed by atoms with Crippen LogP contribution in [0.25, 0.3) is 0 Å². The molecule has 1 fully saturated rings. The van der Waals surface area contributed by atoms with Gasteiger partial charge in [-0.1, -0.05) is 45.6 Å². The van der Waals surface area contributed by atoms with Crippen molar-refractivity contribution in [3.05, 3.63) is 0 Å². The van der Waals surface area contributed by atoms with Crippen LogP contribution in [0.3, 0.4) is 0 Å². The summed E-state index contributed by atoms with van der Waals surface area (Å²) >= 11 is 0. The van der Waals surface area contributed by atoms with Crippen LogP contribution < -0.4 is 413 Å². The number of hydrogen-bond donors (Lipinski definition) is 0. The molecule has 42 heteroatoms. The standard InChI is InChI=1S/C18H48N6O18P6.12Na/c25-43(26,27)13-19-1-2-20(14-44(28,29)30)5-6-22(16-46(34,35)36)9-10-24(18-48(40,41)42)12-11-23(17-47(37,38)39)8-7-21(4-3-19)15-45(31,32)33;;;;;;;;;;;;/h1-18H2,(H2,25,26,27)(H2,28,29,30)(H2,31,32,33)(H2,34,35,36)(H2,37,38,39)(H2,40,41,42);;;;;;;;;;;;/q;12*+1/p-12. The van der Waals surface area contributed by atoms with E-state index < -0.39 is 162 Å². The SMILES string of the molecule is O=P([O-])([O-])CN1CCN(CP(=O)([O-])[O-])CCN(CP(=O)([O-])[O-])CCN(CP(=O)([O-])[O-])CCN(CP(=O)([O-])[O-])CCN(CP(=O)([O-])[O-])CC1.[Na+].[Na+].[Na+].[Na+].[Na+].[Na+].[Na+].[Na+].[Na+].[Na+].[Na+].[Na+]. The Morgan fingerprint density at radius 1 is 0.217 bits per heavy atom. The van der Waals surface area contributed by atoms with E-state index in [0.717, 1.165) is 29.4 Å². The van der Waals surface area contributed by atoms with Gasteiger partial charge in [-0.05, 0) is 0 Å². The molecule has 60 heavy (non-hydrogen) atoms. The van der Waals surface area contributed by atoms with Gasteiger partial charge in [0.25, 0.3) is 0 Å². The molecule has 0 radical (unpaired) electrons. The van der Waals surface area contributed by atoms with Crippen molar-refractivity contribution >= 4 is 45.6 Å². The van der Waals surface area contributed by atoms with Crippen LogP contribution in [0.4, 0.5) is 0 Å². The summed E-state index contributed by atoms with van der Waals surface area (Å²) in [6.07, 6.45) is -7.02. The molecule has 0 unspecified atom stereocenters. The molecule has 0 aromatic rings. The monoisotopic (exact) mass is 1090 g/mol. The second-order valence-corrected chi connectivity index (χ2v) is 20.3. The van der Waals surface area contributed by atoms with Crippen molar-refractivity contribution in [3.63, 3.8) is 0 Å². The number of nitrogens with zero attached hydrogens (tertiary/aromatic N) is 6. The van der Waals surface area contributed by atoms with Gasteiger partial charge in [-0.2, -0.15) is 0 Å². The van der Waals surface area contributed by atoms with Gasteiger partial charge < -0.3 is 86.1 Å². The molecule has 0 amide bonds. The third-order valence-corrected chi connectivity index (χ3v) is 11.1. The van der Waals surface area contributed by atoms with Gasteiger partial charge in [0.05, 0.1) is 0 Å². The molecule has 24 nitrogen and oxygen atoms in total. The molecule has 1 saturated heterocycles. The second-order valence-electron chi connectivity index (χ2n) is 11.2. The van der Waals surface area contributed by atoms with Gasteiger partial charge in [0.2, 0.25) is 0 Å². The molecule has 0 aliphatic carbocycles. The van der Waals surface area contributed by atoms with Crippen molar-refractivity contribution in [2.24, 2.45) is 0 Å². The first-order valence-electron chi connectivity index (χ1n) is 13.9. The van der Waals surface area contributed by atoms with Gasteiger partial charge >= 0.3 is 355 Å². The zero-order chi connectivity index (χ0) is 37.2. The fourth-order valence-electron chi connectivity index (χ4n) is 4.69. The Labute approximate surface area is 618 Å². The summed E-state index contributed by atoms with van der Waals surface area (Å²) in [4.78, 5) is 145. The maximum Gasteiger partial charge on any atom is 1.00 e. The Kier molecular flexibility index (Phi) is 84.4. The Morgan fingerprint density at radius 3 is 0.333 bits per heavy atom. The molecular formula is C18H36N6Na12O18P6. The molecule has 0 bridgehead atoms. The van der Waals surface area contributed by atoms with E-state index in [9.17, 15) is 86.1 Å². The van der Waals surface area contributed by atoms with Crippen LogP contribution in [0, 0.1) is 0 Å². The van der Waals surface area contributed by atoms with Crippen molar-refractivity contribution in [3.8, 4) is 0 Å². The van der Waals surface area contributed by atoms with E-state index in [-0.39, 0.29) is 355 Å². The Balaban J connectivity index is -0.000000192. The molecule has 0 aromatic carbocycles. The summed E-state index contributed by atoms with van der Waals surface area (Å²) in [5.41, 5.74) is 0. The minimum atomic E-state index is -5.31. The fraction of sp³-hybridized carbons (Fsp3) is 1.00. The van der Waals surface area contributed by atoms with Crippen LogP contribution in [0.5, 0.6) is 0 Å². The maximum absolute atomic E-state index is 11.6. The van der Waals surface area contributed by atoms with Crippen molar-refractivity contribution < 1.29 is 441 Å². The van der Waals surface area contributed by atoms with E-state index in [1.54, 1.807) is 0 Å². The van der Waals surface area contributed by atoms with Crippen LogP contribution in [-0.4, -0.2) is 146 Å². The normalized spacial score (nSPS) is 17.0. The largest absolute Gasteiger partial charge is 1.00 e. The zero-order valence-electron chi connectivity index (χ0n) is 37.4. The Morgan fingerprint density at radius 2 is 0.283 bits per heavy atom. The van der Waals surface area contributed by atoms with Crippen molar-refractivity contribution in [1.29, 1.82) is 0 Å². The summed E-state index contributed by atoms with van der Waals surface area (Å²) in [7, 11) is -31.9. The summed E-state index contributed by atoms with van der Waals surface area (Å²) in [6, 6.07) is 0. The quantitative estimate of drug-likeness (QED) is 0.129. The fourth-order valence-corrected chi connectivity index (χ4v) is 9.32. The smallest absolute Gasteiger partial charge is 0.810 e. The van der Waals surface area contributed by atoms with Crippen LogP contribution in [0.1, 0.15) is 0 Å². The average Bonchev–Trinajstić information content (AvgIpc) is 2.82. The molecule has 1 heterocycles. The van der Waals surface area contributed by atoms with Gasteiger partial charge in [-0.15, -0.1) is 0 Å². The zero-order valence-corrected chi connectivity index (χ0v) is 66.8. The first kappa shape index (κ1) is 101. The summed E-state index contributed by atoms with van der Waals surface area (Å²) < 4.78 is 69.5. The van der Waals surface area contributed by atoms with E-state index in [2.05, 4.69) is 0 Å². The van der Waals surface area contributed by atoms with Gasteiger partial charge in [0, 0.05) is 116 Å². The van der Waals surface area contributed by atoms with E-state index in [1.807, 2.05) is 0 Å². The molecule has 1 aliphatic heterocycles. The second kappa shape index (κ2) is 49.9. The van der Waals surface area contributed by atoms with Crippen LogP contribution in [0.2, 0.25) is 0 Å². The van der Waals surface area contributed by atoms with Gasteiger partial charge in [-0.3, -0.25) is 29.4 Å². The van der Waals surface area contributed by atoms with Crippen molar-refractivity contribution in [2.75, 3.05) is 116 Å². The first-order chi connectivity index (χ1) is 21.5. The van der Waals surface area contributed by atoms with E-state index in [0.29, 0.717) is 0 Å². The van der Waals surface area contributed by atoms with E-state index in [4.69, 9.17) is 0 Å². The molecular weight excluding hydrogens is 1050 g/mol. The molecule has 288 valence electrons. The van der Waals surface area contributed by atoms with E-state index in [1.165, 1.54) is 0 Å². The van der Waals surface area contributed by atoms with Crippen LogP contribution >= 0.6 is 45.6 Å². The molecule has 0 N–H and O–H groups in total. The predicted octanol–water partition coefficient (Wildman–Crippen LogP) is -46.9. The molecule has 0 atom stereocenters. The van der Waals surface area contributed by atoms with Crippen molar-refractivity contribution in [2.45, 2.75) is 0 Å². The number of rotatable bonds is 12. The van der Waals surface area contributed by atoms with Crippen LogP contribution in [-0.2, 0) is 27.4 Å². The first-order valence-corrected chi connectivity index (χ1v) is 24.2.